The van der Waals surface area contributed by atoms with E-state index in [4.69, 9.17) is 14.4 Å². The average Bonchev–Trinajstić information content (AvgIpc) is 2.43. The van der Waals surface area contributed by atoms with Gasteiger partial charge in [0, 0.05) is 0 Å². The van der Waals surface area contributed by atoms with Crippen LogP contribution in [0.4, 0.5) is 0 Å². The highest BCUT2D eigenvalue weighted by Crippen LogP contribution is 2.29. The minimum Gasteiger partial charge on any atom is -0.394 e. The summed E-state index contributed by atoms with van der Waals surface area (Å²) in [5, 5.41) is 37.5. The van der Waals surface area contributed by atoms with Crippen LogP contribution in [0.3, 0.4) is 0 Å². The number of ether oxygens (including phenoxy) is 1. The maximum Gasteiger partial charge on any atom is 0.448 e. The summed E-state index contributed by atoms with van der Waals surface area (Å²) in [6.07, 6.45) is -4.63. The fourth-order valence-corrected chi connectivity index (χ4v) is 3.07. The molecule has 5 unspecified atom stereocenters. The van der Waals surface area contributed by atoms with E-state index in [1.54, 1.807) is 0 Å². The van der Waals surface area contributed by atoms with Crippen LogP contribution in [0.2, 0.25) is 0 Å². The number of rotatable bonds is 5. The highest BCUT2D eigenvalue weighted by molar-refractivity contribution is 8.14. The topological polar surface area (TPSA) is 166 Å². The molecule has 1 aliphatic rings. The molecule has 1 heterocycles. The Morgan fingerprint density at radius 3 is 2.45 bits per heavy atom. The van der Waals surface area contributed by atoms with Gasteiger partial charge in [-0.15, -0.1) is 6.58 Å². The fourth-order valence-electron chi connectivity index (χ4n) is 1.58. The van der Waals surface area contributed by atoms with Crippen molar-refractivity contribution >= 4 is 27.4 Å². The van der Waals surface area contributed by atoms with Crippen molar-refractivity contribution in [2.75, 3.05) is 13.2 Å². The molecule has 12 heteroatoms. The van der Waals surface area contributed by atoms with E-state index in [0.29, 0.717) is 11.8 Å². The molecule has 0 radical (unpaired) electrons. The van der Waals surface area contributed by atoms with Crippen molar-refractivity contribution in [2.24, 2.45) is 4.99 Å². The molecule has 10 nitrogen and oxygen atoms in total. The summed E-state index contributed by atoms with van der Waals surface area (Å²) in [5.41, 5.74) is -1.29. The molecule has 0 bridgehead atoms. The van der Waals surface area contributed by atoms with Crippen LogP contribution in [-0.2, 0) is 19.3 Å². The number of hydrogen-bond donors (Lipinski definition) is 5. The van der Waals surface area contributed by atoms with Crippen LogP contribution < -0.4 is 0 Å². The molecule has 0 saturated carbocycles. The largest absolute Gasteiger partial charge is 0.448 e. The van der Waals surface area contributed by atoms with Gasteiger partial charge in [-0.3, -0.25) is 4.55 Å². The van der Waals surface area contributed by atoms with Crippen molar-refractivity contribution in [3.8, 4) is 0 Å². The molecule has 5 atom stereocenters. The van der Waals surface area contributed by atoms with Gasteiger partial charge in [0.05, 0.1) is 13.2 Å². The first-order chi connectivity index (χ1) is 10.2. The Labute approximate surface area is 131 Å². The van der Waals surface area contributed by atoms with E-state index in [1.165, 1.54) is 6.08 Å². The maximum atomic E-state index is 10.7. The Hall–Kier alpha value is -0.730. The lowest BCUT2D eigenvalue weighted by atomic mass is 10.0. The lowest BCUT2D eigenvalue weighted by molar-refractivity contribution is -0.205. The predicted octanol–water partition coefficient (Wildman–Crippen LogP) is -2.12. The normalized spacial score (nSPS) is 33.5. The fraction of sp³-hybridized carbons (Fsp3) is 0.700. The molecule has 128 valence electrons. The van der Waals surface area contributed by atoms with Crippen molar-refractivity contribution in [1.29, 1.82) is 0 Å². The van der Waals surface area contributed by atoms with Crippen LogP contribution in [-0.4, -0.2) is 81.6 Å². The van der Waals surface area contributed by atoms with E-state index in [-0.39, 0.29) is 6.54 Å². The second-order valence-corrected chi connectivity index (χ2v) is 6.29. The smallest absolute Gasteiger partial charge is 0.394 e. The molecular weight excluding hydrogens is 342 g/mol. The second-order valence-electron chi connectivity index (χ2n) is 4.22. The standard InChI is InChI=1S/C10H17NO9S2/c1-2-3-11-10(20-22(16,17)18)21-9-8(15)7(14)6(13)5(4-12)19-9/h2,5-9,12-15H,1,3-4H2,(H,16,17,18). The minimum atomic E-state index is -4.85. The Kier molecular flexibility index (Phi) is 7.21. The zero-order valence-electron chi connectivity index (χ0n) is 11.2. The summed E-state index contributed by atoms with van der Waals surface area (Å²) >= 11 is 0.452. The van der Waals surface area contributed by atoms with Gasteiger partial charge in [0.1, 0.15) is 29.9 Å². The van der Waals surface area contributed by atoms with Gasteiger partial charge in [-0.2, -0.15) is 8.42 Å². The molecule has 1 rings (SSSR count). The predicted molar refractivity (Wildman–Crippen MR) is 76.5 cm³/mol. The van der Waals surface area contributed by atoms with Crippen LogP contribution in [0.1, 0.15) is 0 Å². The highest BCUT2D eigenvalue weighted by Gasteiger charge is 2.44. The molecule has 0 aromatic heterocycles. The van der Waals surface area contributed by atoms with Gasteiger partial charge in [-0.05, 0) is 11.8 Å². The molecule has 1 fully saturated rings. The molecule has 5 N–H and O–H groups in total. The zero-order valence-corrected chi connectivity index (χ0v) is 12.9. The van der Waals surface area contributed by atoms with Crippen molar-refractivity contribution in [3.63, 3.8) is 0 Å². The third kappa shape index (κ3) is 5.48. The average molecular weight is 359 g/mol. The van der Waals surface area contributed by atoms with Crippen LogP contribution in [0, 0.1) is 0 Å². The van der Waals surface area contributed by atoms with E-state index < -0.39 is 52.1 Å². The number of aliphatic imine (C=N–C) groups is 1. The Balaban J connectivity index is 2.89. The molecule has 22 heavy (non-hydrogen) atoms. The van der Waals surface area contributed by atoms with Gasteiger partial charge in [0.15, 0.2) is 0 Å². The first kappa shape index (κ1) is 19.3. The third-order valence-corrected chi connectivity index (χ3v) is 4.10. The maximum absolute atomic E-state index is 10.7. The number of thioether (sulfide) groups is 1. The summed E-state index contributed by atoms with van der Waals surface area (Å²) in [4.78, 5) is 3.65. The van der Waals surface area contributed by atoms with Crippen LogP contribution in [0.5, 0.6) is 0 Å². The van der Waals surface area contributed by atoms with Crippen molar-refractivity contribution in [1.82, 2.24) is 0 Å². The molecule has 1 aliphatic heterocycles. The summed E-state index contributed by atoms with van der Waals surface area (Å²) < 4.78 is 39.5. The minimum absolute atomic E-state index is 0.0464. The number of aliphatic hydroxyl groups excluding tert-OH is 4. The van der Waals surface area contributed by atoms with E-state index in [0.717, 1.165) is 0 Å². The highest BCUT2D eigenvalue weighted by atomic mass is 32.3. The first-order valence-electron chi connectivity index (χ1n) is 5.99. The van der Waals surface area contributed by atoms with Crippen molar-refractivity contribution in [3.05, 3.63) is 12.7 Å². The molecule has 0 aromatic rings. The third-order valence-electron chi connectivity index (χ3n) is 2.59. The Morgan fingerprint density at radius 2 is 1.95 bits per heavy atom. The van der Waals surface area contributed by atoms with Crippen LogP contribution >= 0.6 is 11.8 Å². The van der Waals surface area contributed by atoms with E-state index >= 15 is 0 Å². The number of aliphatic hydroxyl groups is 4. The molecule has 0 aromatic carbocycles. The summed E-state index contributed by atoms with van der Waals surface area (Å²) in [5.74, 6) is 0. The van der Waals surface area contributed by atoms with Gasteiger partial charge in [-0.1, -0.05) is 6.08 Å². The SMILES string of the molecule is C=CCN=C(OS(=O)(=O)O)SC1OC(CO)C(O)C(O)C1O. The van der Waals surface area contributed by atoms with Crippen molar-refractivity contribution in [2.45, 2.75) is 29.9 Å². The van der Waals surface area contributed by atoms with E-state index in [9.17, 15) is 23.7 Å². The van der Waals surface area contributed by atoms with Crippen LogP contribution in [0.25, 0.3) is 0 Å². The molecule has 1 saturated heterocycles. The van der Waals surface area contributed by atoms with Crippen LogP contribution in [0.15, 0.2) is 17.6 Å². The summed E-state index contributed by atoms with van der Waals surface area (Å²) in [6, 6.07) is 0. The monoisotopic (exact) mass is 359 g/mol. The molecule has 0 amide bonds. The zero-order chi connectivity index (χ0) is 16.9. The summed E-state index contributed by atoms with van der Waals surface area (Å²) in [6.45, 7) is 2.68. The summed E-state index contributed by atoms with van der Waals surface area (Å²) in [7, 11) is -4.85. The number of hydrogen-bond acceptors (Lipinski definition) is 10. The van der Waals surface area contributed by atoms with E-state index in [2.05, 4.69) is 15.8 Å². The molecular formula is C10H17NO9S2. The molecule has 0 spiro atoms. The quantitative estimate of drug-likeness (QED) is 0.158. The van der Waals surface area contributed by atoms with Gasteiger partial charge in [0.2, 0.25) is 0 Å². The number of nitrogens with zero attached hydrogens (tertiary/aromatic N) is 1. The van der Waals surface area contributed by atoms with Gasteiger partial charge in [0.25, 0.3) is 5.23 Å². The first-order valence-corrected chi connectivity index (χ1v) is 8.23. The lowest BCUT2D eigenvalue weighted by Crippen LogP contribution is -2.57. The van der Waals surface area contributed by atoms with E-state index in [1.807, 2.05) is 0 Å². The van der Waals surface area contributed by atoms with Crippen molar-refractivity contribution < 1.29 is 42.3 Å². The Bertz CT molecular complexity index is 507. The van der Waals surface area contributed by atoms with Gasteiger partial charge < -0.3 is 29.3 Å². The molecule has 0 aliphatic carbocycles. The van der Waals surface area contributed by atoms with Gasteiger partial charge in [-0.25, -0.2) is 4.99 Å². The lowest BCUT2D eigenvalue weighted by Gasteiger charge is -2.39. The Morgan fingerprint density at radius 1 is 1.32 bits per heavy atom. The second kappa shape index (κ2) is 8.21. The van der Waals surface area contributed by atoms with Gasteiger partial charge >= 0.3 is 10.4 Å².